The van der Waals surface area contributed by atoms with E-state index in [9.17, 15) is 4.79 Å². The van der Waals surface area contributed by atoms with E-state index in [1.807, 2.05) is 12.1 Å². The minimum absolute atomic E-state index is 0.0535. The second-order valence-corrected chi connectivity index (χ2v) is 4.73. The molecule has 6 heteroatoms. The number of esters is 1. The van der Waals surface area contributed by atoms with Gasteiger partial charge in [-0.25, -0.2) is 0 Å². The van der Waals surface area contributed by atoms with Crippen LogP contribution in [0.15, 0.2) is 18.3 Å². The van der Waals surface area contributed by atoms with Gasteiger partial charge in [0.05, 0.1) is 0 Å². The molecule has 0 amide bonds. The fourth-order valence-electron chi connectivity index (χ4n) is 1.80. The number of hydrogen-bond donors (Lipinski definition) is 1. The minimum atomic E-state index is -0.376. The monoisotopic (exact) mass is 295 g/mol. The molecule has 0 saturated carbocycles. The molecule has 2 heterocycles. The molecule has 5 nitrogen and oxygen atoms in total. The number of H-pyrrole nitrogens is 1. The molecule has 0 aliphatic rings. The second-order valence-electron chi connectivity index (χ2n) is 3.53. The van der Waals surface area contributed by atoms with Crippen molar-refractivity contribution in [2.75, 3.05) is 6.61 Å². The normalized spacial score (nSPS) is 11.1. The SMILES string of the molecule is CCOC(=O)c1ncc2c1ccc1[nH][se]nc12. The van der Waals surface area contributed by atoms with Crippen molar-refractivity contribution in [3.8, 4) is 0 Å². The molecule has 0 atom stereocenters. The Kier molecular flexibility index (Phi) is 2.46. The second kappa shape index (κ2) is 3.98. The van der Waals surface area contributed by atoms with E-state index in [-0.39, 0.29) is 20.9 Å². The molecule has 0 aliphatic carbocycles. The van der Waals surface area contributed by atoms with Crippen LogP contribution in [0.25, 0.3) is 21.8 Å². The van der Waals surface area contributed by atoms with Gasteiger partial charge in [0.2, 0.25) is 0 Å². The molecule has 0 fully saturated rings. The summed E-state index contributed by atoms with van der Waals surface area (Å²) in [6.45, 7) is 2.13. The molecule has 0 radical (unpaired) electrons. The first-order valence-electron chi connectivity index (χ1n) is 5.20. The fraction of sp³-hybridized carbons (Fsp3) is 0.182. The molecule has 1 aromatic carbocycles. The van der Waals surface area contributed by atoms with Crippen molar-refractivity contribution in [1.82, 2.24) is 12.9 Å². The van der Waals surface area contributed by atoms with Gasteiger partial charge in [-0.1, -0.05) is 0 Å². The average Bonchev–Trinajstić information content (AvgIpc) is 2.94. The van der Waals surface area contributed by atoms with Crippen molar-refractivity contribution in [1.29, 1.82) is 0 Å². The van der Waals surface area contributed by atoms with Crippen LogP contribution in [0.2, 0.25) is 0 Å². The molecule has 3 rings (SSSR count). The van der Waals surface area contributed by atoms with Crippen LogP contribution in [0.5, 0.6) is 0 Å². The van der Waals surface area contributed by atoms with Crippen molar-refractivity contribution < 1.29 is 9.53 Å². The van der Waals surface area contributed by atoms with Gasteiger partial charge in [-0.2, -0.15) is 0 Å². The van der Waals surface area contributed by atoms with Crippen LogP contribution >= 0.6 is 0 Å². The Morgan fingerprint density at radius 1 is 1.47 bits per heavy atom. The van der Waals surface area contributed by atoms with Crippen LogP contribution in [0, 0.1) is 0 Å². The van der Waals surface area contributed by atoms with Gasteiger partial charge in [0, 0.05) is 0 Å². The number of benzene rings is 1. The van der Waals surface area contributed by atoms with Gasteiger partial charge in [0.15, 0.2) is 0 Å². The Balaban J connectivity index is 2.25. The van der Waals surface area contributed by atoms with E-state index in [1.165, 1.54) is 0 Å². The summed E-state index contributed by atoms with van der Waals surface area (Å²) >= 11 is 0.0535. The summed E-state index contributed by atoms with van der Waals surface area (Å²) in [6, 6.07) is 3.82. The van der Waals surface area contributed by atoms with Crippen LogP contribution in [-0.2, 0) is 4.74 Å². The molecule has 0 saturated heterocycles. The molecule has 3 aromatic rings. The average molecular weight is 294 g/mol. The topological polar surface area (TPSA) is 67.9 Å². The van der Waals surface area contributed by atoms with E-state index in [4.69, 9.17) is 4.74 Å². The predicted octanol–water partition coefficient (Wildman–Crippen LogP) is 1.34. The number of aromatic amines is 1. The first kappa shape index (κ1) is 10.5. The first-order chi connectivity index (χ1) is 8.31. The summed E-state index contributed by atoms with van der Waals surface area (Å²) in [5.74, 6) is -0.376. The molecular formula is C11H9N3O2Se. The predicted molar refractivity (Wildman–Crippen MR) is 64.3 cm³/mol. The molecule has 0 unspecified atom stereocenters. The quantitative estimate of drug-likeness (QED) is 0.572. The van der Waals surface area contributed by atoms with Gasteiger partial charge < -0.3 is 0 Å². The van der Waals surface area contributed by atoms with E-state index >= 15 is 0 Å². The standard InChI is InChI=1S/C11H9N3O2Se/c1-2-16-11(15)10-6-3-4-8-9(14-17-13-8)7(6)5-12-10/h3-5,13H,2H2,1H3. The maximum absolute atomic E-state index is 11.7. The van der Waals surface area contributed by atoms with E-state index < -0.39 is 0 Å². The number of carbonyl (C=O) groups is 1. The van der Waals surface area contributed by atoms with Crippen LogP contribution < -0.4 is 0 Å². The van der Waals surface area contributed by atoms with Gasteiger partial charge in [-0.3, -0.25) is 0 Å². The molecule has 0 aliphatic heterocycles. The Morgan fingerprint density at radius 2 is 2.35 bits per heavy atom. The van der Waals surface area contributed by atoms with E-state index in [0.29, 0.717) is 12.3 Å². The number of fused-ring (bicyclic) bond motifs is 3. The number of nitrogens with one attached hydrogen (secondary N) is 1. The Labute approximate surface area is 103 Å². The Hall–Kier alpha value is -1.65. The summed E-state index contributed by atoms with van der Waals surface area (Å²) in [5, 5.41) is 1.72. The molecule has 0 spiro atoms. The zero-order chi connectivity index (χ0) is 11.8. The molecular weight excluding hydrogens is 285 g/mol. The van der Waals surface area contributed by atoms with Gasteiger partial charge in [0.25, 0.3) is 0 Å². The number of carbonyl (C=O) groups excluding carboxylic acids is 1. The van der Waals surface area contributed by atoms with Gasteiger partial charge in [0.1, 0.15) is 0 Å². The third-order valence-corrected chi connectivity index (χ3v) is 3.78. The molecule has 1 N–H and O–H groups in total. The number of ether oxygens (including phenoxy) is 1. The Morgan fingerprint density at radius 3 is 3.18 bits per heavy atom. The summed E-state index contributed by atoms with van der Waals surface area (Å²) in [4.78, 5) is 15.8. The van der Waals surface area contributed by atoms with Crippen molar-refractivity contribution in [3.05, 3.63) is 24.0 Å². The summed E-state index contributed by atoms with van der Waals surface area (Å²) in [7, 11) is 0. The van der Waals surface area contributed by atoms with E-state index in [1.54, 1.807) is 13.1 Å². The van der Waals surface area contributed by atoms with Crippen molar-refractivity contribution >= 4 is 42.7 Å². The van der Waals surface area contributed by atoms with Gasteiger partial charge in [-0.05, 0) is 0 Å². The number of nitrogens with zero attached hydrogens (tertiary/aromatic N) is 2. The maximum atomic E-state index is 11.7. The summed E-state index contributed by atoms with van der Waals surface area (Å²) < 4.78 is 12.6. The van der Waals surface area contributed by atoms with E-state index in [2.05, 4.69) is 12.9 Å². The fourth-order valence-corrected chi connectivity index (χ4v) is 3.06. The van der Waals surface area contributed by atoms with Gasteiger partial charge >= 0.3 is 103 Å². The van der Waals surface area contributed by atoms with Crippen LogP contribution in [-0.4, -0.2) is 40.5 Å². The molecule has 86 valence electrons. The van der Waals surface area contributed by atoms with E-state index in [0.717, 1.165) is 21.8 Å². The summed E-state index contributed by atoms with van der Waals surface area (Å²) in [5.41, 5.74) is 2.30. The third kappa shape index (κ3) is 1.57. The zero-order valence-corrected chi connectivity index (χ0v) is 10.8. The van der Waals surface area contributed by atoms with Crippen molar-refractivity contribution in [2.45, 2.75) is 6.92 Å². The summed E-state index contributed by atoms with van der Waals surface area (Å²) in [6.07, 6.45) is 1.69. The molecule has 17 heavy (non-hydrogen) atoms. The molecule has 2 aromatic heterocycles. The van der Waals surface area contributed by atoms with Crippen molar-refractivity contribution in [2.24, 2.45) is 0 Å². The number of hydrogen-bond acceptors (Lipinski definition) is 4. The van der Waals surface area contributed by atoms with Gasteiger partial charge in [-0.15, -0.1) is 0 Å². The van der Waals surface area contributed by atoms with Crippen LogP contribution in [0.1, 0.15) is 17.4 Å². The van der Waals surface area contributed by atoms with Crippen LogP contribution in [0.4, 0.5) is 0 Å². The first-order valence-corrected chi connectivity index (χ1v) is 6.82. The Bertz CT molecular complexity index is 701. The third-order valence-electron chi connectivity index (χ3n) is 2.56. The zero-order valence-electron chi connectivity index (χ0n) is 9.06. The number of rotatable bonds is 2. The molecule has 0 bridgehead atoms. The van der Waals surface area contributed by atoms with Crippen molar-refractivity contribution in [3.63, 3.8) is 0 Å². The number of aromatic nitrogens is 3. The van der Waals surface area contributed by atoms with Crippen LogP contribution in [0.3, 0.4) is 0 Å².